The van der Waals surface area contributed by atoms with Crippen molar-refractivity contribution >= 4 is 11.6 Å². The summed E-state index contributed by atoms with van der Waals surface area (Å²) in [7, 11) is 0. The van der Waals surface area contributed by atoms with Crippen molar-refractivity contribution in [3.8, 4) is 5.88 Å². The molecule has 0 aliphatic rings. The molecular formula is C16H18F3N3O. The molecule has 2 aromatic rings. The average Bonchev–Trinajstić information content (AvgIpc) is 2.38. The highest BCUT2D eigenvalue weighted by atomic mass is 19.4. The summed E-state index contributed by atoms with van der Waals surface area (Å²) in [4.78, 5) is 7.61. The van der Waals surface area contributed by atoms with Crippen molar-refractivity contribution in [3.63, 3.8) is 0 Å². The molecule has 0 spiro atoms. The van der Waals surface area contributed by atoms with Crippen LogP contribution in [0.15, 0.2) is 30.5 Å². The van der Waals surface area contributed by atoms with E-state index in [2.05, 4.69) is 15.3 Å². The van der Waals surface area contributed by atoms with Crippen molar-refractivity contribution in [2.75, 3.05) is 5.32 Å². The first-order valence-corrected chi connectivity index (χ1v) is 7.01. The molecule has 0 bridgehead atoms. The number of aromatic nitrogens is 2. The Labute approximate surface area is 132 Å². The Morgan fingerprint density at radius 3 is 2.17 bits per heavy atom. The van der Waals surface area contributed by atoms with E-state index in [0.29, 0.717) is 5.69 Å². The van der Waals surface area contributed by atoms with E-state index in [-0.39, 0.29) is 5.95 Å². The number of hydrogen-bond donors (Lipinski definition) is 1. The highest BCUT2D eigenvalue weighted by molar-refractivity contribution is 5.54. The van der Waals surface area contributed by atoms with Gasteiger partial charge in [0, 0.05) is 11.9 Å². The highest BCUT2D eigenvalue weighted by Gasteiger charge is 2.37. The van der Waals surface area contributed by atoms with Crippen LogP contribution in [-0.2, 0) is 6.18 Å². The number of alkyl halides is 3. The van der Waals surface area contributed by atoms with E-state index in [9.17, 15) is 13.2 Å². The third-order valence-electron chi connectivity index (χ3n) is 2.77. The van der Waals surface area contributed by atoms with Gasteiger partial charge in [0.1, 0.15) is 11.2 Å². The molecular weight excluding hydrogens is 307 g/mol. The van der Waals surface area contributed by atoms with E-state index < -0.39 is 23.2 Å². The second-order valence-electron chi connectivity index (χ2n) is 6.12. The van der Waals surface area contributed by atoms with E-state index in [0.717, 1.165) is 11.8 Å². The number of halogens is 3. The molecule has 0 fully saturated rings. The van der Waals surface area contributed by atoms with Gasteiger partial charge in [-0.25, -0.2) is 4.98 Å². The topological polar surface area (TPSA) is 47.0 Å². The largest absolute Gasteiger partial charge is 0.471 e. The average molecular weight is 325 g/mol. The highest BCUT2D eigenvalue weighted by Crippen LogP contribution is 2.36. The normalized spacial score (nSPS) is 12.1. The first kappa shape index (κ1) is 17.1. The van der Waals surface area contributed by atoms with Gasteiger partial charge in [0.05, 0.1) is 0 Å². The Bertz CT molecular complexity index is 676. The van der Waals surface area contributed by atoms with Crippen LogP contribution >= 0.6 is 0 Å². The third kappa shape index (κ3) is 4.84. The summed E-state index contributed by atoms with van der Waals surface area (Å²) in [6, 6.07) is 7.33. The third-order valence-corrected chi connectivity index (χ3v) is 2.77. The molecule has 1 aromatic carbocycles. The number of hydrogen-bond acceptors (Lipinski definition) is 4. The Hall–Kier alpha value is -2.31. The number of aryl methyl sites for hydroxylation is 1. The fourth-order valence-electron chi connectivity index (χ4n) is 1.75. The molecule has 124 valence electrons. The maximum Gasteiger partial charge on any atom is 0.423 e. The zero-order chi connectivity index (χ0) is 17.3. The van der Waals surface area contributed by atoms with Crippen LogP contribution in [-0.4, -0.2) is 15.6 Å². The molecule has 0 saturated carbocycles. The van der Waals surface area contributed by atoms with Crippen LogP contribution in [0.5, 0.6) is 5.88 Å². The van der Waals surface area contributed by atoms with Crippen molar-refractivity contribution < 1.29 is 17.9 Å². The van der Waals surface area contributed by atoms with Gasteiger partial charge in [0.2, 0.25) is 11.8 Å². The van der Waals surface area contributed by atoms with Gasteiger partial charge in [-0.15, -0.1) is 0 Å². The summed E-state index contributed by atoms with van der Waals surface area (Å²) in [5.74, 6) is -0.448. The second-order valence-corrected chi connectivity index (χ2v) is 6.12. The molecule has 7 heteroatoms. The van der Waals surface area contributed by atoms with Crippen molar-refractivity contribution in [1.82, 2.24) is 9.97 Å². The summed E-state index contributed by atoms with van der Waals surface area (Å²) in [5.41, 5.74) is -0.0604. The molecule has 0 amide bonds. The Balaban J connectivity index is 2.35. The lowest BCUT2D eigenvalue weighted by molar-refractivity contribution is -0.140. The van der Waals surface area contributed by atoms with Crippen molar-refractivity contribution in [3.05, 3.63) is 41.6 Å². The maximum atomic E-state index is 13.0. The minimum absolute atomic E-state index is 0.0427. The van der Waals surface area contributed by atoms with Crippen LogP contribution < -0.4 is 10.1 Å². The van der Waals surface area contributed by atoms with Gasteiger partial charge in [-0.2, -0.15) is 18.2 Å². The molecule has 0 saturated heterocycles. The summed E-state index contributed by atoms with van der Waals surface area (Å²) < 4.78 is 44.5. The lowest BCUT2D eigenvalue weighted by Crippen LogP contribution is -2.26. The van der Waals surface area contributed by atoms with Gasteiger partial charge in [0.25, 0.3) is 0 Å². The van der Waals surface area contributed by atoms with Crippen molar-refractivity contribution in [2.24, 2.45) is 0 Å². The van der Waals surface area contributed by atoms with Crippen LogP contribution in [0.3, 0.4) is 0 Å². The standard InChI is InChI=1S/C16H18F3N3O/c1-10-5-7-11(8-6-10)21-14-20-9-12(16(17,18)19)13(22-14)23-15(2,3)4/h5-9H,1-4H3,(H,20,21,22). The number of nitrogens with one attached hydrogen (secondary N) is 1. The monoisotopic (exact) mass is 325 g/mol. The predicted octanol–water partition coefficient (Wildman–Crippen LogP) is 4.72. The molecule has 23 heavy (non-hydrogen) atoms. The summed E-state index contributed by atoms with van der Waals surface area (Å²) in [5, 5.41) is 2.87. The quantitative estimate of drug-likeness (QED) is 0.886. The summed E-state index contributed by atoms with van der Waals surface area (Å²) in [6.07, 6.45) is -3.85. The fraction of sp³-hybridized carbons (Fsp3) is 0.375. The van der Waals surface area contributed by atoms with Crippen LogP contribution in [0, 0.1) is 6.92 Å². The SMILES string of the molecule is Cc1ccc(Nc2ncc(C(F)(F)F)c(OC(C)(C)C)n2)cc1. The zero-order valence-corrected chi connectivity index (χ0v) is 13.3. The molecule has 1 N–H and O–H groups in total. The van der Waals surface area contributed by atoms with Gasteiger partial charge in [-0.05, 0) is 39.8 Å². The molecule has 0 radical (unpaired) electrons. The number of ether oxygens (including phenoxy) is 1. The lowest BCUT2D eigenvalue weighted by atomic mass is 10.2. The number of benzene rings is 1. The first-order valence-electron chi connectivity index (χ1n) is 7.01. The van der Waals surface area contributed by atoms with Gasteiger partial charge in [-0.3, -0.25) is 0 Å². The number of anilines is 2. The van der Waals surface area contributed by atoms with E-state index in [1.165, 1.54) is 0 Å². The van der Waals surface area contributed by atoms with Crippen molar-refractivity contribution in [1.29, 1.82) is 0 Å². The molecule has 1 heterocycles. The Morgan fingerprint density at radius 2 is 1.65 bits per heavy atom. The fourth-order valence-corrected chi connectivity index (χ4v) is 1.75. The minimum atomic E-state index is -4.58. The van der Waals surface area contributed by atoms with Crippen LogP contribution in [0.25, 0.3) is 0 Å². The summed E-state index contributed by atoms with van der Waals surface area (Å²) >= 11 is 0. The molecule has 4 nitrogen and oxygen atoms in total. The van der Waals surface area contributed by atoms with E-state index >= 15 is 0 Å². The lowest BCUT2D eigenvalue weighted by Gasteiger charge is -2.23. The Kier molecular flexibility index (Phi) is 4.49. The van der Waals surface area contributed by atoms with Gasteiger partial charge >= 0.3 is 6.18 Å². The van der Waals surface area contributed by atoms with Crippen LogP contribution in [0.2, 0.25) is 0 Å². The smallest absolute Gasteiger partial charge is 0.423 e. The number of rotatable bonds is 3. The summed E-state index contributed by atoms with van der Waals surface area (Å²) in [6.45, 7) is 6.90. The molecule has 0 aliphatic heterocycles. The van der Waals surface area contributed by atoms with Gasteiger partial charge < -0.3 is 10.1 Å². The Morgan fingerprint density at radius 1 is 1.04 bits per heavy atom. The molecule has 0 atom stereocenters. The van der Waals surface area contributed by atoms with Crippen molar-refractivity contribution in [2.45, 2.75) is 39.5 Å². The maximum absolute atomic E-state index is 13.0. The number of nitrogens with zero attached hydrogens (tertiary/aromatic N) is 2. The minimum Gasteiger partial charge on any atom is -0.471 e. The molecule has 0 unspecified atom stereocenters. The second kappa shape index (κ2) is 6.06. The molecule has 1 aromatic heterocycles. The van der Waals surface area contributed by atoms with Crippen LogP contribution in [0.1, 0.15) is 31.9 Å². The molecule has 2 rings (SSSR count). The molecule has 0 aliphatic carbocycles. The van der Waals surface area contributed by atoms with E-state index in [4.69, 9.17) is 4.74 Å². The zero-order valence-electron chi connectivity index (χ0n) is 13.3. The van der Waals surface area contributed by atoms with Crippen LogP contribution in [0.4, 0.5) is 24.8 Å². The van der Waals surface area contributed by atoms with E-state index in [1.54, 1.807) is 32.9 Å². The predicted molar refractivity (Wildman–Crippen MR) is 81.9 cm³/mol. The first-order chi connectivity index (χ1) is 10.5. The van der Waals surface area contributed by atoms with E-state index in [1.807, 2.05) is 19.1 Å². The van der Waals surface area contributed by atoms with Gasteiger partial charge in [0.15, 0.2) is 0 Å². The van der Waals surface area contributed by atoms with Gasteiger partial charge in [-0.1, -0.05) is 17.7 Å².